The van der Waals surface area contributed by atoms with Gasteiger partial charge in [0, 0.05) is 11.8 Å². The lowest BCUT2D eigenvalue weighted by molar-refractivity contribution is 0.0598. The molecular weight excluding hydrogens is 244 g/mol. The number of halogens is 2. The zero-order valence-corrected chi connectivity index (χ0v) is 9.86. The van der Waals surface area contributed by atoms with E-state index in [4.69, 9.17) is 4.74 Å². The number of esters is 1. The number of methoxy groups -OCH3 is 1. The van der Waals surface area contributed by atoms with Gasteiger partial charge >= 0.3 is 5.97 Å². The zero-order valence-electron chi connectivity index (χ0n) is 9.86. The van der Waals surface area contributed by atoms with E-state index in [9.17, 15) is 13.6 Å². The third-order valence-electron chi connectivity index (χ3n) is 2.66. The number of aromatic nitrogens is 1. The Labute approximate surface area is 103 Å². The van der Waals surface area contributed by atoms with E-state index in [1.807, 2.05) is 0 Å². The number of nitrogens with zero attached hydrogens (tertiary/aromatic N) is 1. The number of hydrogen-bond donors (Lipinski definition) is 0. The first-order valence-electron chi connectivity index (χ1n) is 5.61. The molecule has 98 valence electrons. The van der Waals surface area contributed by atoms with Gasteiger partial charge in [-0.15, -0.1) is 0 Å². The van der Waals surface area contributed by atoms with Gasteiger partial charge in [0.05, 0.1) is 12.7 Å². The van der Waals surface area contributed by atoms with Crippen molar-refractivity contribution in [2.75, 3.05) is 13.7 Å². The zero-order chi connectivity index (χ0) is 13.1. The summed E-state index contributed by atoms with van der Waals surface area (Å²) in [5.41, 5.74) is 1.02. The molecule has 0 atom stereocenters. The molecule has 4 nitrogen and oxygen atoms in total. The average molecular weight is 257 g/mol. The fourth-order valence-corrected chi connectivity index (χ4v) is 1.65. The molecule has 0 bridgehead atoms. The first-order chi connectivity index (χ1) is 8.61. The van der Waals surface area contributed by atoms with E-state index in [1.54, 1.807) is 6.07 Å². The van der Waals surface area contributed by atoms with E-state index in [1.165, 1.54) is 13.3 Å². The van der Waals surface area contributed by atoms with Crippen molar-refractivity contribution < 1.29 is 23.0 Å². The summed E-state index contributed by atoms with van der Waals surface area (Å²) in [6.45, 7) is -0.690. The van der Waals surface area contributed by atoms with Crippen LogP contribution in [0.15, 0.2) is 12.3 Å². The molecule has 1 saturated carbocycles. The highest BCUT2D eigenvalue weighted by atomic mass is 19.3. The van der Waals surface area contributed by atoms with E-state index in [2.05, 4.69) is 9.72 Å². The van der Waals surface area contributed by atoms with Crippen molar-refractivity contribution in [3.63, 3.8) is 0 Å². The van der Waals surface area contributed by atoms with Gasteiger partial charge in [0.25, 0.3) is 6.43 Å². The fraction of sp³-hybridized carbons (Fsp3) is 0.500. The summed E-state index contributed by atoms with van der Waals surface area (Å²) in [5.74, 6) is -0.0648. The Kier molecular flexibility index (Phi) is 3.74. The minimum atomic E-state index is -2.54. The van der Waals surface area contributed by atoms with Crippen LogP contribution in [0, 0.1) is 0 Å². The van der Waals surface area contributed by atoms with E-state index < -0.39 is 19.0 Å². The van der Waals surface area contributed by atoms with Crippen molar-refractivity contribution in [2.24, 2.45) is 0 Å². The van der Waals surface area contributed by atoms with Crippen LogP contribution in [0.2, 0.25) is 0 Å². The molecule has 0 radical (unpaired) electrons. The number of carbonyl (C=O) groups excluding carboxylic acids is 1. The van der Waals surface area contributed by atoms with Gasteiger partial charge in [-0.05, 0) is 24.8 Å². The van der Waals surface area contributed by atoms with Crippen LogP contribution in [-0.4, -0.2) is 31.1 Å². The highest BCUT2D eigenvalue weighted by Gasteiger charge is 2.29. The lowest BCUT2D eigenvalue weighted by Crippen LogP contribution is -2.11. The van der Waals surface area contributed by atoms with Crippen molar-refractivity contribution in [3.05, 3.63) is 23.4 Å². The maximum absolute atomic E-state index is 12.1. The van der Waals surface area contributed by atoms with Gasteiger partial charge < -0.3 is 9.47 Å². The van der Waals surface area contributed by atoms with Gasteiger partial charge in [0.15, 0.2) is 6.61 Å². The quantitative estimate of drug-likeness (QED) is 0.760. The second-order valence-electron chi connectivity index (χ2n) is 4.09. The van der Waals surface area contributed by atoms with Gasteiger partial charge in [-0.2, -0.15) is 0 Å². The first kappa shape index (κ1) is 12.7. The molecule has 0 saturated heterocycles. The Hall–Kier alpha value is -1.72. The predicted molar refractivity (Wildman–Crippen MR) is 59.1 cm³/mol. The minimum absolute atomic E-state index is 0.186. The summed E-state index contributed by atoms with van der Waals surface area (Å²) in [6, 6.07) is 1.61. The summed E-state index contributed by atoms with van der Waals surface area (Å²) in [6.07, 6.45) is 0.645. The first-order valence-corrected chi connectivity index (χ1v) is 5.61. The second kappa shape index (κ2) is 5.29. The molecule has 1 aromatic rings. The third-order valence-corrected chi connectivity index (χ3v) is 2.66. The van der Waals surface area contributed by atoms with Gasteiger partial charge in [-0.25, -0.2) is 18.6 Å². The van der Waals surface area contributed by atoms with E-state index in [0.29, 0.717) is 11.1 Å². The molecule has 0 unspecified atom stereocenters. The molecule has 0 spiro atoms. The smallest absolute Gasteiger partial charge is 0.339 e. The van der Waals surface area contributed by atoms with Crippen molar-refractivity contribution in [2.45, 2.75) is 25.2 Å². The van der Waals surface area contributed by atoms with Gasteiger partial charge in [-0.1, -0.05) is 0 Å². The normalized spacial score (nSPS) is 14.7. The van der Waals surface area contributed by atoms with Crippen LogP contribution in [-0.2, 0) is 4.74 Å². The molecule has 1 heterocycles. The van der Waals surface area contributed by atoms with Crippen LogP contribution in [0.25, 0.3) is 0 Å². The van der Waals surface area contributed by atoms with Crippen LogP contribution in [0.1, 0.15) is 34.7 Å². The summed E-state index contributed by atoms with van der Waals surface area (Å²) < 4.78 is 33.8. The largest absolute Gasteiger partial charge is 0.471 e. The predicted octanol–water partition coefficient (Wildman–Crippen LogP) is 2.39. The minimum Gasteiger partial charge on any atom is -0.471 e. The maximum Gasteiger partial charge on any atom is 0.339 e. The fourth-order valence-electron chi connectivity index (χ4n) is 1.65. The average Bonchev–Trinajstić information content (AvgIpc) is 3.19. The number of alkyl halides is 2. The Morgan fingerprint density at radius 3 is 2.83 bits per heavy atom. The van der Waals surface area contributed by atoms with Crippen LogP contribution in [0.3, 0.4) is 0 Å². The molecule has 0 aromatic carbocycles. The van der Waals surface area contributed by atoms with Gasteiger partial charge in [0.1, 0.15) is 0 Å². The lowest BCUT2D eigenvalue weighted by atomic mass is 10.1. The molecule has 1 fully saturated rings. The van der Waals surface area contributed by atoms with E-state index in [-0.39, 0.29) is 11.8 Å². The SMILES string of the molecule is COC(=O)c1cnc(OCC(F)F)c(C2CC2)c1. The van der Waals surface area contributed by atoms with Crippen molar-refractivity contribution in [1.29, 1.82) is 0 Å². The number of carbonyl (C=O) groups is 1. The second-order valence-corrected chi connectivity index (χ2v) is 4.09. The lowest BCUT2D eigenvalue weighted by Gasteiger charge is -2.10. The van der Waals surface area contributed by atoms with Crippen molar-refractivity contribution in [3.8, 4) is 5.88 Å². The Bertz CT molecular complexity index is 447. The topological polar surface area (TPSA) is 48.4 Å². The molecule has 0 amide bonds. The molecule has 18 heavy (non-hydrogen) atoms. The Morgan fingerprint density at radius 2 is 2.28 bits per heavy atom. The molecule has 0 aliphatic heterocycles. The Morgan fingerprint density at radius 1 is 1.56 bits per heavy atom. The molecular formula is C12H13F2NO3. The molecule has 2 rings (SSSR count). The summed E-state index contributed by atoms with van der Waals surface area (Å²) in [4.78, 5) is 15.3. The summed E-state index contributed by atoms with van der Waals surface area (Å²) in [5, 5.41) is 0. The highest BCUT2D eigenvalue weighted by Crippen LogP contribution is 2.43. The number of hydrogen-bond acceptors (Lipinski definition) is 4. The van der Waals surface area contributed by atoms with Gasteiger partial charge in [-0.3, -0.25) is 0 Å². The number of pyridine rings is 1. The molecule has 1 aromatic heterocycles. The van der Waals surface area contributed by atoms with Crippen LogP contribution in [0.4, 0.5) is 8.78 Å². The highest BCUT2D eigenvalue weighted by molar-refractivity contribution is 5.89. The third kappa shape index (κ3) is 2.94. The van der Waals surface area contributed by atoms with E-state index >= 15 is 0 Å². The molecule has 1 aliphatic carbocycles. The molecule has 6 heteroatoms. The van der Waals surface area contributed by atoms with Crippen molar-refractivity contribution in [1.82, 2.24) is 4.98 Å². The monoisotopic (exact) mass is 257 g/mol. The Balaban J connectivity index is 2.21. The van der Waals surface area contributed by atoms with Crippen LogP contribution < -0.4 is 4.74 Å². The van der Waals surface area contributed by atoms with Gasteiger partial charge in [0.2, 0.25) is 5.88 Å². The van der Waals surface area contributed by atoms with Crippen molar-refractivity contribution >= 4 is 5.97 Å². The van der Waals surface area contributed by atoms with Crippen LogP contribution in [0.5, 0.6) is 5.88 Å². The van der Waals surface area contributed by atoms with E-state index in [0.717, 1.165) is 12.8 Å². The number of rotatable bonds is 5. The molecule has 1 aliphatic rings. The maximum atomic E-state index is 12.1. The standard InChI is InChI=1S/C12H13F2NO3/c1-17-12(16)8-4-9(7-2-3-7)11(15-5-8)18-6-10(13)14/h4-5,7,10H,2-3,6H2,1H3. The number of ether oxygens (including phenoxy) is 2. The summed E-state index contributed by atoms with van der Waals surface area (Å²) >= 11 is 0. The van der Waals surface area contributed by atoms with Crippen LogP contribution >= 0.6 is 0 Å². The summed E-state index contributed by atoms with van der Waals surface area (Å²) in [7, 11) is 1.28. The molecule has 0 N–H and O–H groups in total.